The molecule has 7 nitrogen and oxygen atoms in total. The molecule has 1 saturated heterocycles. The molecule has 1 aromatic carbocycles. The molecule has 1 fully saturated rings. The van der Waals surface area contributed by atoms with Crippen molar-refractivity contribution in [1.29, 1.82) is 0 Å². The van der Waals surface area contributed by atoms with E-state index < -0.39 is 0 Å². The fourth-order valence-electron chi connectivity index (χ4n) is 3.72. The lowest BCUT2D eigenvalue weighted by atomic mass is 10.0. The van der Waals surface area contributed by atoms with Gasteiger partial charge in [0.1, 0.15) is 23.9 Å². The summed E-state index contributed by atoms with van der Waals surface area (Å²) < 4.78 is 11.0. The zero-order chi connectivity index (χ0) is 19.3. The van der Waals surface area contributed by atoms with E-state index in [0.29, 0.717) is 13.2 Å². The molecule has 0 radical (unpaired) electrons. The quantitative estimate of drug-likeness (QED) is 0.842. The normalized spacial score (nSPS) is 19.5. The van der Waals surface area contributed by atoms with Gasteiger partial charge in [-0.3, -0.25) is 9.69 Å². The molecule has 1 atom stereocenters. The van der Waals surface area contributed by atoms with Crippen LogP contribution < -0.4 is 19.7 Å². The van der Waals surface area contributed by atoms with E-state index in [0.717, 1.165) is 55.5 Å². The first-order valence-electron chi connectivity index (χ1n) is 9.68. The summed E-state index contributed by atoms with van der Waals surface area (Å²) in [5.74, 6) is 2.68. The smallest absolute Gasteiger partial charge is 0.234 e. The number of nitrogens with one attached hydrogen (secondary N) is 1. The summed E-state index contributed by atoms with van der Waals surface area (Å²) in [5, 5.41) is 3.12. The molecule has 1 unspecified atom stereocenters. The van der Waals surface area contributed by atoms with E-state index in [1.54, 1.807) is 7.11 Å². The number of carbonyl (C=O) groups is 1. The number of hydrogen-bond acceptors (Lipinski definition) is 6. The molecule has 1 N–H and O–H groups in total. The minimum absolute atomic E-state index is 0.00297. The summed E-state index contributed by atoms with van der Waals surface area (Å²) in [7, 11) is 1.64. The molecule has 2 aliphatic heterocycles. The lowest BCUT2D eigenvalue weighted by molar-refractivity contribution is -0.123. The van der Waals surface area contributed by atoms with E-state index in [-0.39, 0.29) is 11.9 Å². The Labute approximate surface area is 165 Å². The van der Waals surface area contributed by atoms with Gasteiger partial charge in [-0.2, -0.15) is 0 Å². The van der Waals surface area contributed by atoms with Gasteiger partial charge in [-0.25, -0.2) is 4.98 Å². The van der Waals surface area contributed by atoms with Crippen molar-refractivity contribution >= 4 is 11.7 Å². The van der Waals surface area contributed by atoms with Crippen molar-refractivity contribution in [2.75, 3.05) is 51.3 Å². The van der Waals surface area contributed by atoms with Gasteiger partial charge in [-0.15, -0.1) is 0 Å². The predicted molar refractivity (Wildman–Crippen MR) is 107 cm³/mol. The summed E-state index contributed by atoms with van der Waals surface area (Å²) in [4.78, 5) is 21.3. The van der Waals surface area contributed by atoms with E-state index >= 15 is 0 Å². The van der Waals surface area contributed by atoms with Gasteiger partial charge in [0.15, 0.2) is 0 Å². The summed E-state index contributed by atoms with van der Waals surface area (Å²) in [6.45, 7) is 4.38. The number of rotatable bonds is 5. The highest BCUT2D eigenvalue weighted by Gasteiger charge is 2.24. The Morgan fingerprint density at radius 3 is 2.86 bits per heavy atom. The SMILES string of the molecule is COc1ccc2c(c1)OCC(NC(=O)CN1CCN(c3ccccn3)CC1)C2. The molecule has 0 aliphatic carbocycles. The lowest BCUT2D eigenvalue weighted by Gasteiger charge is -2.35. The molecule has 4 rings (SSSR count). The summed E-state index contributed by atoms with van der Waals surface area (Å²) in [5.41, 5.74) is 1.10. The van der Waals surface area contributed by atoms with Crippen LogP contribution in [0, 0.1) is 0 Å². The molecule has 0 spiro atoms. The number of ether oxygens (including phenoxy) is 2. The van der Waals surface area contributed by atoms with Crippen LogP contribution in [-0.2, 0) is 11.2 Å². The van der Waals surface area contributed by atoms with Crippen LogP contribution in [0.4, 0.5) is 5.82 Å². The predicted octanol–water partition coefficient (Wildman–Crippen LogP) is 1.33. The van der Waals surface area contributed by atoms with Crippen molar-refractivity contribution < 1.29 is 14.3 Å². The average Bonchev–Trinajstić information content (AvgIpc) is 2.74. The van der Waals surface area contributed by atoms with Crippen LogP contribution in [0.25, 0.3) is 0 Å². The number of pyridine rings is 1. The maximum atomic E-state index is 12.5. The maximum Gasteiger partial charge on any atom is 0.234 e. The second-order valence-electron chi connectivity index (χ2n) is 7.20. The molecule has 3 heterocycles. The van der Waals surface area contributed by atoms with E-state index in [4.69, 9.17) is 9.47 Å². The van der Waals surface area contributed by atoms with Crippen LogP contribution in [-0.4, -0.2) is 68.3 Å². The second kappa shape index (κ2) is 8.48. The van der Waals surface area contributed by atoms with Crippen molar-refractivity contribution in [3.05, 3.63) is 48.2 Å². The number of amides is 1. The third kappa shape index (κ3) is 4.36. The molecule has 1 amide bonds. The molecule has 148 valence electrons. The Morgan fingerprint density at radius 2 is 2.11 bits per heavy atom. The van der Waals surface area contributed by atoms with Crippen LogP contribution in [0.15, 0.2) is 42.6 Å². The van der Waals surface area contributed by atoms with Gasteiger partial charge in [-0.05, 0) is 30.2 Å². The molecule has 1 aromatic heterocycles. The highest BCUT2D eigenvalue weighted by atomic mass is 16.5. The molecule has 28 heavy (non-hydrogen) atoms. The first kappa shape index (κ1) is 18.6. The number of methoxy groups -OCH3 is 1. The van der Waals surface area contributed by atoms with Crippen molar-refractivity contribution in [3.63, 3.8) is 0 Å². The fourth-order valence-corrected chi connectivity index (χ4v) is 3.72. The van der Waals surface area contributed by atoms with Gasteiger partial charge >= 0.3 is 0 Å². The minimum atomic E-state index is 0.00297. The first-order valence-corrected chi connectivity index (χ1v) is 9.68. The third-order valence-corrected chi connectivity index (χ3v) is 5.26. The standard InChI is InChI=1S/C21H26N4O3/c1-27-18-6-5-16-12-17(15-28-19(16)13-18)23-21(26)14-24-8-10-25(11-9-24)20-4-2-3-7-22-20/h2-7,13,17H,8-12,14-15H2,1H3,(H,23,26). The summed E-state index contributed by atoms with van der Waals surface area (Å²) in [6, 6.07) is 11.8. The highest BCUT2D eigenvalue weighted by Crippen LogP contribution is 2.29. The van der Waals surface area contributed by atoms with E-state index in [1.807, 2.05) is 42.6 Å². The average molecular weight is 382 g/mol. The molecule has 7 heteroatoms. The molecule has 0 bridgehead atoms. The van der Waals surface area contributed by atoms with Crippen LogP contribution >= 0.6 is 0 Å². The zero-order valence-electron chi connectivity index (χ0n) is 16.1. The minimum Gasteiger partial charge on any atom is -0.497 e. The third-order valence-electron chi connectivity index (χ3n) is 5.26. The Bertz CT molecular complexity index is 807. The van der Waals surface area contributed by atoms with E-state index in [1.165, 1.54) is 0 Å². The van der Waals surface area contributed by atoms with Gasteiger partial charge in [0.2, 0.25) is 5.91 Å². The maximum absolute atomic E-state index is 12.5. The first-order chi connectivity index (χ1) is 13.7. The Morgan fingerprint density at radius 1 is 1.25 bits per heavy atom. The van der Waals surface area contributed by atoms with Crippen LogP contribution in [0.2, 0.25) is 0 Å². The van der Waals surface area contributed by atoms with Gasteiger partial charge in [0.05, 0.1) is 19.7 Å². The molecular formula is C21H26N4O3. The van der Waals surface area contributed by atoms with E-state index in [9.17, 15) is 4.79 Å². The molecule has 0 saturated carbocycles. The molecule has 2 aliphatic rings. The molecular weight excluding hydrogens is 356 g/mol. The van der Waals surface area contributed by atoms with Gasteiger partial charge in [-0.1, -0.05) is 12.1 Å². The number of anilines is 1. The number of fused-ring (bicyclic) bond motifs is 1. The van der Waals surface area contributed by atoms with E-state index in [2.05, 4.69) is 20.1 Å². The van der Waals surface area contributed by atoms with Gasteiger partial charge in [0, 0.05) is 38.4 Å². The topological polar surface area (TPSA) is 66.9 Å². The Balaban J connectivity index is 1.24. The highest BCUT2D eigenvalue weighted by molar-refractivity contribution is 5.78. The number of nitrogens with zero attached hydrogens (tertiary/aromatic N) is 3. The molecule has 2 aromatic rings. The van der Waals surface area contributed by atoms with Crippen molar-refractivity contribution in [2.45, 2.75) is 12.5 Å². The Kier molecular flexibility index (Phi) is 5.62. The number of hydrogen-bond donors (Lipinski definition) is 1. The van der Waals surface area contributed by atoms with Gasteiger partial charge < -0.3 is 19.7 Å². The van der Waals surface area contributed by atoms with Crippen molar-refractivity contribution in [2.24, 2.45) is 0 Å². The largest absolute Gasteiger partial charge is 0.497 e. The number of carbonyl (C=O) groups excluding carboxylic acids is 1. The number of aromatic nitrogens is 1. The lowest BCUT2D eigenvalue weighted by Crippen LogP contribution is -2.52. The fraction of sp³-hybridized carbons (Fsp3) is 0.429. The van der Waals surface area contributed by atoms with Crippen LogP contribution in [0.3, 0.4) is 0 Å². The number of piperazine rings is 1. The summed E-state index contributed by atoms with van der Waals surface area (Å²) in [6.07, 6.45) is 2.59. The van der Waals surface area contributed by atoms with Crippen molar-refractivity contribution in [3.8, 4) is 11.5 Å². The van der Waals surface area contributed by atoms with Gasteiger partial charge in [0.25, 0.3) is 0 Å². The number of benzene rings is 1. The summed E-state index contributed by atoms with van der Waals surface area (Å²) >= 11 is 0. The second-order valence-corrected chi connectivity index (χ2v) is 7.20. The monoisotopic (exact) mass is 382 g/mol. The zero-order valence-corrected chi connectivity index (χ0v) is 16.1. The van der Waals surface area contributed by atoms with Crippen molar-refractivity contribution in [1.82, 2.24) is 15.2 Å². The Hall–Kier alpha value is -2.80. The van der Waals surface area contributed by atoms with Crippen LogP contribution in [0.1, 0.15) is 5.56 Å². The van der Waals surface area contributed by atoms with Crippen LogP contribution in [0.5, 0.6) is 11.5 Å².